The van der Waals surface area contributed by atoms with Crippen LogP contribution in [0.4, 0.5) is 4.79 Å². The van der Waals surface area contributed by atoms with Gasteiger partial charge in [0.05, 0.1) is 0 Å². The number of nitrogens with zero attached hydrogens (tertiary/aromatic N) is 1. The summed E-state index contributed by atoms with van der Waals surface area (Å²) in [7, 11) is 0. The molecule has 1 rings (SSSR count). The average Bonchev–Trinajstić information content (AvgIpc) is 2.71. The van der Waals surface area contributed by atoms with E-state index in [4.69, 9.17) is 10.5 Å². The molecule has 124 valence electrons. The maximum atomic E-state index is 12.2. The van der Waals surface area contributed by atoms with Crippen LogP contribution in [-0.4, -0.2) is 52.2 Å². The van der Waals surface area contributed by atoms with Gasteiger partial charge in [0, 0.05) is 18.2 Å². The first-order valence-corrected chi connectivity index (χ1v) is 7.04. The Morgan fingerprint density at radius 1 is 1.41 bits per heavy atom. The zero-order valence-corrected chi connectivity index (χ0v) is 13.5. The molecule has 9 nitrogen and oxygen atoms in total. The SMILES string of the molecule is CC(C)(C)OC(=O)N1C[C@@H](S)C[C@@]1(C=O)NNC(=O)C(N)=O. The molecule has 0 spiro atoms. The van der Waals surface area contributed by atoms with Crippen molar-refractivity contribution in [2.45, 2.75) is 43.7 Å². The maximum absolute atomic E-state index is 12.2. The standard InChI is InChI=1S/C12H20N4O5S/c1-11(2,3)21-10(20)16-5-7(22)4-12(16,6-17)15-14-9(19)8(13)18/h6-7,15,22H,4-5H2,1-3H3,(H2,13,18)(H,14,19)/t7-,12+/m0/s1. The van der Waals surface area contributed by atoms with Crippen molar-refractivity contribution in [3.8, 4) is 0 Å². The van der Waals surface area contributed by atoms with E-state index in [0.717, 1.165) is 4.90 Å². The summed E-state index contributed by atoms with van der Waals surface area (Å²) in [6, 6.07) is 0. The summed E-state index contributed by atoms with van der Waals surface area (Å²) in [4.78, 5) is 46.8. The zero-order chi connectivity index (χ0) is 17.1. The third-order valence-corrected chi connectivity index (χ3v) is 3.19. The number of carbonyl (C=O) groups excluding carboxylic acids is 4. The lowest BCUT2D eigenvalue weighted by atomic mass is 10.1. The Hall–Kier alpha value is -1.81. The van der Waals surface area contributed by atoms with Gasteiger partial charge in [-0.1, -0.05) is 0 Å². The molecule has 0 radical (unpaired) electrons. The van der Waals surface area contributed by atoms with Gasteiger partial charge in [0.2, 0.25) is 0 Å². The fraction of sp³-hybridized carbons (Fsp3) is 0.667. The minimum Gasteiger partial charge on any atom is -0.444 e. The molecule has 0 aromatic heterocycles. The molecular weight excluding hydrogens is 312 g/mol. The fourth-order valence-corrected chi connectivity index (χ4v) is 2.39. The number of aldehydes is 1. The van der Waals surface area contributed by atoms with Crippen LogP contribution in [0.3, 0.4) is 0 Å². The second kappa shape index (κ2) is 6.53. The van der Waals surface area contributed by atoms with Crippen LogP contribution in [0.1, 0.15) is 27.2 Å². The molecule has 1 aliphatic rings. The summed E-state index contributed by atoms with van der Waals surface area (Å²) < 4.78 is 5.23. The molecule has 1 aliphatic heterocycles. The van der Waals surface area contributed by atoms with Crippen LogP contribution in [0.5, 0.6) is 0 Å². The second-order valence-electron chi connectivity index (χ2n) is 5.93. The molecule has 1 saturated heterocycles. The van der Waals surface area contributed by atoms with Crippen molar-refractivity contribution in [2.75, 3.05) is 6.54 Å². The van der Waals surface area contributed by atoms with Crippen LogP contribution in [0.15, 0.2) is 0 Å². The van der Waals surface area contributed by atoms with Crippen molar-refractivity contribution in [2.24, 2.45) is 5.73 Å². The van der Waals surface area contributed by atoms with Gasteiger partial charge in [-0.2, -0.15) is 12.6 Å². The minimum atomic E-state index is -1.56. The number of hydrazine groups is 1. The van der Waals surface area contributed by atoms with Crippen molar-refractivity contribution in [3.05, 3.63) is 0 Å². The number of amides is 3. The molecule has 22 heavy (non-hydrogen) atoms. The normalized spacial score (nSPS) is 24.7. The molecule has 0 aliphatic carbocycles. The Balaban J connectivity index is 2.93. The van der Waals surface area contributed by atoms with E-state index in [1.807, 2.05) is 5.43 Å². The van der Waals surface area contributed by atoms with Gasteiger partial charge in [-0.3, -0.25) is 24.7 Å². The predicted octanol–water partition coefficient (Wildman–Crippen LogP) is -1.07. The number of rotatable bonds is 3. The molecule has 2 atom stereocenters. The molecule has 1 fully saturated rings. The smallest absolute Gasteiger partial charge is 0.412 e. The summed E-state index contributed by atoms with van der Waals surface area (Å²) in [5.74, 6) is -2.36. The molecule has 0 bridgehead atoms. The lowest BCUT2D eigenvalue weighted by Gasteiger charge is -2.35. The van der Waals surface area contributed by atoms with E-state index in [1.54, 1.807) is 20.8 Å². The number of likely N-dealkylation sites (tertiary alicyclic amines) is 1. The number of hydrogen-bond donors (Lipinski definition) is 4. The highest BCUT2D eigenvalue weighted by molar-refractivity contribution is 7.81. The van der Waals surface area contributed by atoms with Crippen molar-refractivity contribution in [1.29, 1.82) is 0 Å². The molecule has 3 amide bonds. The van der Waals surface area contributed by atoms with E-state index < -0.39 is 29.2 Å². The van der Waals surface area contributed by atoms with E-state index in [-0.39, 0.29) is 18.2 Å². The number of hydrogen-bond acceptors (Lipinski definition) is 7. The van der Waals surface area contributed by atoms with Crippen LogP contribution >= 0.6 is 12.6 Å². The largest absolute Gasteiger partial charge is 0.444 e. The van der Waals surface area contributed by atoms with Crippen molar-refractivity contribution in [3.63, 3.8) is 0 Å². The lowest BCUT2D eigenvalue weighted by molar-refractivity contribution is -0.139. The summed E-state index contributed by atoms with van der Waals surface area (Å²) in [6.45, 7) is 5.19. The minimum absolute atomic E-state index is 0.123. The third-order valence-electron chi connectivity index (χ3n) is 2.85. The van der Waals surface area contributed by atoms with Crippen LogP contribution < -0.4 is 16.6 Å². The number of nitrogens with two attached hydrogens (primary N) is 1. The van der Waals surface area contributed by atoms with Crippen molar-refractivity contribution < 1.29 is 23.9 Å². The molecule has 4 N–H and O–H groups in total. The monoisotopic (exact) mass is 332 g/mol. The van der Waals surface area contributed by atoms with Gasteiger partial charge in [0.1, 0.15) is 5.60 Å². The fourth-order valence-electron chi connectivity index (χ4n) is 1.95. The molecule has 0 aromatic rings. The van der Waals surface area contributed by atoms with Gasteiger partial charge in [-0.15, -0.1) is 0 Å². The Kier molecular flexibility index (Phi) is 5.41. The number of nitrogens with one attached hydrogen (secondary N) is 2. The number of thiol groups is 1. The Labute approximate surface area is 133 Å². The summed E-state index contributed by atoms with van der Waals surface area (Å²) in [5.41, 5.74) is 6.89. The van der Waals surface area contributed by atoms with Crippen LogP contribution in [0.2, 0.25) is 0 Å². The van der Waals surface area contributed by atoms with E-state index in [2.05, 4.69) is 18.1 Å². The zero-order valence-electron chi connectivity index (χ0n) is 12.6. The lowest BCUT2D eigenvalue weighted by Crippen LogP contribution is -2.65. The van der Waals surface area contributed by atoms with Crippen LogP contribution in [0.25, 0.3) is 0 Å². The first kappa shape index (κ1) is 18.2. The van der Waals surface area contributed by atoms with Crippen molar-refractivity contribution >= 4 is 36.8 Å². The highest BCUT2D eigenvalue weighted by Crippen LogP contribution is 2.29. The highest BCUT2D eigenvalue weighted by atomic mass is 32.1. The molecular formula is C12H20N4O5S. The summed E-state index contributed by atoms with van der Waals surface area (Å²) >= 11 is 4.26. The maximum Gasteiger partial charge on any atom is 0.412 e. The van der Waals surface area contributed by atoms with Crippen molar-refractivity contribution in [1.82, 2.24) is 15.8 Å². The van der Waals surface area contributed by atoms with E-state index in [1.165, 1.54) is 0 Å². The first-order valence-electron chi connectivity index (χ1n) is 6.53. The molecule has 10 heteroatoms. The molecule has 0 unspecified atom stereocenters. The quantitative estimate of drug-likeness (QED) is 0.225. The van der Waals surface area contributed by atoms with E-state index >= 15 is 0 Å². The van der Waals surface area contributed by atoms with Gasteiger partial charge < -0.3 is 10.5 Å². The number of ether oxygens (including phenoxy) is 1. The van der Waals surface area contributed by atoms with Gasteiger partial charge in [0.25, 0.3) is 0 Å². The topological polar surface area (TPSA) is 131 Å². The Bertz CT molecular complexity index is 492. The number of primary amides is 1. The molecule has 0 aromatic carbocycles. The first-order chi connectivity index (χ1) is 10.0. The van der Waals surface area contributed by atoms with Gasteiger partial charge in [-0.05, 0) is 20.8 Å². The second-order valence-corrected chi connectivity index (χ2v) is 6.66. The van der Waals surface area contributed by atoms with Gasteiger partial charge in [0.15, 0.2) is 11.9 Å². The summed E-state index contributed by atoms with van der Waals surface area (Å²) in [6.07, 6.45) is -0.163. The van der Waals surface area contributed by atoms with Crippen LogP contribution in [-0.2, 0) is 19.1 Å². The Morgan fingerprint density at radius 3 is 2.45 bits per heavy atom. The van der Waals surface area contributed by atoms with Gasteiger partial charge >= 0.3 is 17.9 Å². The molecule has 1 heterocycles. The van der Waals surface area contributed by atoms with E-state index in [9.17, 15) is 19.2 Å². The summed E-state index contributed by atoms with van der Waals surface area (Å²) in [5, 5.41) is -0.310. The average molecular weight is 332 g/mol. The van der Waals surface area contributed by atoms with Crippen LogP contribution in [0, 0.1) is 0 Å². The number of carbonyl (C=O) groups is 4. The highest BCUT2D eigenvalue weighted by Gasteiger charge is 2.49. The predicted molar refractivity (Wildman–Crippen MR) is 79.6 cm³/mol. The third kappa shape index (κ3) is 4.34. The Morgan fingerprint density at radius 2 is 2.00 bits per heavy atom. The van der Waals surface area contributed by atoms with Gasteiger partial charge in [-0.25, -0.2) is 10.2 Å². The molecule has 0 saturated carbocycles. The van der Waals surface area contributed by atoms with E-state index in [0.29, 0.717) is 6.29 Å².